The number of thioether (sulfide) groups is 1. The Labute approximate surface area is 183 Å². The fourth-order valence-corrected chi connectivity index (χ4v) is 3.71. The molecule has 3 rings (SSSR count). The van der Waals surface area contributed by atoms with Crippen LogP contribution in [-0.2, 0) is 18.3 Å². The van der Waals surface area contributed by atoms with Crippen LogP contribution in [0.1, 0.15) is 31.3 Å². The van der Waals surface area contributed by atoms with E-state index in [-0.39, 0.29) is 17.8 Å². The van der Waals surface area contributed by atoms with Gasteiger partial charge in [0.15, 0.2) is 17.1 Å². The van der Waals surface area contributed by atoms with Crippen molar-refractivity contribution in [2.75, 3.05) is 11.1 Å². The van der Waals surface area contributed by atoms with Crippen LogP contribution in [-0.4, -0.2) is 26.4 Å². The second-order valence-electron chi connectivity index (χ2n) is 6.50. The Morgan fingerprint density at radius 2 is 1.86 bits per heavy atom. The molecule has 1 aromatic heterocycles. The number of hydrogen-bond acceptors (Lipinski definition) is 5. The first-order valence-corrected chi connectivity index (χ1v) is 11.1. The highest BCUT2D eigenvalue weighted by Gasteiger charge is 2.18. The minimum atomic E-state index is -0.258. The zero-order valence-electron chi connectivity index (χ0n) is 16.6. The number of carbonyl (C=O) groups is 1. The monoisotopic (exact) mass is 474 g/mol. The summed E-state index contributed by atoms with van der Waals surface area (Å²) >= 11 is 4.72. The third-order valence-corrected chi connectivity index (χ3v) is 5.89. The number of rotatable bonds is 8. The van der Waals surface area contributed by atoms with E-state index in [4.69, 9.17) is 4.74 Å². The highest BCUT2D eigenvalue weighted by atomic mass is 79.9. The second-order valence-corrected chi connectivity index (χ2v) is 8.36. The molecular formula is C21H23BrN4O2S. The van der Waals surface area contributed by atoms with Gasteiger partial charge in [-0.2, -0.15) is 0 Å². The maximum atomic E-state index is 12.2. The van der Waals surface area contributed by atoms with E-state index in [0.717, 1.165) is 22.3 Å². The summed E-state index contributed by atoms with van der Waals surface area (Å²) in [4.78, 5) is 12.2. The van der Waals surface area contributed by atoms with Gasteiger partial charge in [-0.1, -0.05) is 46.7 Å². The van der Waals surface area contributed by atoms with Crippen LogP contribution in [0.15, 0.2) is 58.2 Å². The summed E-state index contributed by atoms with van der Waals surface area (Å²) in [6, 6.07) is 15.5. The topological polar surface area (TPSA) is 69.0 Å². The van der Waals surface area contributed by atoms with Crippen LogP contribution in [0, 0.1) is 0 Å². The normalized spacial score (nSPS) is 11.9. The molecule has 0 radical (unpaired) electrons. The molecule has 29 heavy (non-hydrogen) atoms. The number of aryl methyl sites for hydroxylation is 1. The van der Waals surface area contributed by atoms with Crippen LogP contribution < -0.4 is 10.1 Å². The molecule has 0 aliphatic heterocycles. The predicted octanol–water partition coefficient (Wildman–Crippen LogP) is 5.01. The van der Waals surface area contributed by atoms with Crippen molar-refractivity contribution in [3.05, 3.63) is 64.4 Å². The molecule has 152 valence electrons. The van der Waals surface area contributed by atoms with Gasteiger partial charge in [-0.15, -0.1) is 10.2 Å². The number of aromatic nitrogens is 3. The molecule has 0 spiro atoms. The first-order chi connectivity index (χ1) is 14.0. The molecule has 0 aliphatic rings. The molecule has 0 saturated heterocycles. The number of hydrogen-bond donors (Lipinski definition) is 1. The van der Waals surface area contributed by atoms with Gasteiger partial charge in [0.05, 0.1) is 5.75 Å². The summed E-state index contributed by atoms with van der Waals surface area (Å²) in [5.74, 6) is 1.65. The van der Waals surface area contributed by atoms with Gasteiger partial charge in [0.2, 0.25) is 5.91 Å². The Morgan fingerprint density at radius 1 is 1.17 bits per heavy atom. The quantitative estimate of drug-likeness (QED) is 0.464. The molecule has 1 unspecified atom stereocenters. The van der Waals surface area contributed by atoms with Crippen molar-refractivity contribution in [2.45, 2.75) is 31.5 Å². The van der Waals surface area contributed by atoms with E-state index in [2.05, 4.69) is 50.5 Å². The molecule has 6 nitrogen and oxygen atoms in total. The summed E-state index contributed by atoms with van der Waals surface area (Å²) in [5, 5.41) is 12.0. The Balaban J connectivity index is 1.56. The SMILES string of the molecule is CCc1ccc(OC(C)c2nnc(SCC(=O)Nc3ccc(Br)cc3)n2C)cc1. The molecular weight excluding hydrogens is 452 g/mol. The van der Waals surface area contributed by atoms with E-state index in [0.29, 0.717) is 11.0 Å². The molecule has 1 amide bonds. The molecule has 0 bridgehead atoms. The summed E-state index contributed by atoms with van der Waals surface area (Å²) < 4.78 is 8.82. The van der Waals surface area contributed by atoms with Gasteiger partial charge in [-0.3, -0.25) is 4.79 Å². The van der Waals surface area contributed by atoms with E-state index in [1.54, 1.807) is 0 Å². The average Bonchev–Trinajstić information content (AvgIpc) is 3.09. The van der Waals surface area contributed by atoms with Gasteiger partial charge >= 0.3 is 0 Å². The minimum Gasteiger partial charge on any atom is -0.483 e. The number of anilines is 1. The fraction of sp³-hybridized carbons (Fsp3) is 0.286. The van der Waals surface area contributed by atoms with E-state index < -0.39 is 0 Å². The van der Waals surface area contributed by atoms with E-state index in [9.17, 15) is 4.79 Å². The predicted molar refractivity (Wildman–Crippen MR) is 119 cm³/mol. The van der Waals surface area contributed by atoms with Crippen LogP contribution in [0.2, 0.25) is 0 Å². The van der Waals surface area contributed by atoms with E-state index in [1.807, 2.05) is 54.9 Å². The van der Waals surface area contributed by atoms with Crippen molar-refractivity contribution in [1.29, 1.82) is 0 Å². The Kier molecular flexibility index (Phi) is 7.33. The number of ether oxygens (including phenoxy) is 1. The van der Waals surface area contributed by atoms with E-state index >= 15 is 0 Å². The Bertz CT molecular complexity index is 958. The summed E-state index contributed by atoms with van der Waals surface area (Å²) in [5.41, 5.74) is 2.03. The molecule has 1 N–H and O–H groups in total. The van der Waals surface area contributed by atoms with Gasteiger partial charge in [-0.25, -0.2) is 0 Å². The molecule has 0 fully saturated rings. The lowest BCUT2D eigenvalue weighted by molar-refractivity contribution is -0.113. The fourth-order valence-electron chi connectivity index (χ4n) is 2.73. The Hall–Kier alpha value is -2.32. The Morgan fingerprint density at radius 3 is 2.52 bits per heavy atom. The highest BCUT2D eigenvalue weighted by Crippen LogP contribution is 2.24. The van der Waals surface area contributed by atoms with Gasteiger partial charge in [0.25, 0.3) is 0 Å². The maximum absolute atomic E-state index is 12.2. The largest absolute Gasteiger partial charge is 0.483 e. The van der Waals surface area contributed by atoms with Crippen molar-refractivity contribution in [3.63, 3.8) is 0 Å². The number of carbonyl (C=O) groups excluding carboxylic acids is 1. The molecule has 1 atom stereocenters. The lowest BCUT2D eigenvalue weighted by atomic mass is 10.2. The summed E-state index contributed by atoms with van der Waals surface area (Å²) in [6.45, 7) is 4.06. The minimum absolute atomic E-state index is 0.0952. The van der Waals surface area contributed by atoms with Crippen molar-refractivity contribution in [1.82, 2.24) is 14.8 Å². The van der Waals surface area contributed by atoms with Gasteiger partial charge in [0.1, 0.15) is 5.75 Å². The zero-order valence-corrected chi connectivity index (χ0v) is 19.0. The zero-order chi connectivity index (χ0) is 20.8. The summed E-state index contributed by atoms with van der Waals surface area (Å²) in [7, 11) is 1.88. The molecule has 3 aromatic rings. The maximum Gasteiger partial charge on any atom is 0.234 e. The summed E-state index contributed by atoms with van der Waals surface area (Å²) in [6.07, 6.45) is 0.737. The van der Waals surface area contributed by atoms with Crippen LogP contribution >= 0.6 is 27.7 Å². The lowest BCUT2D eigenvalue weighted by Gasteiger charge is -2.14. The standard InChI is InChI=1S/C21H23BrN4O2S/c1-4-15-5-11-18(12-6-15)28-14(2)20-24-25-21(26(20)3)29-13-19(27)23-17-9-7-16(22)8-10-17/h5-12,14H,4,13H2,1-3H3,(H,23,27). The number of nitrogens with one attached hydrogen (secondary N) is 1. The van der Waals surface area contributed by atoms with Crippen LogP contribution in [0.5, 0.6) is 5.75 Å². The average molecular weight is 475 g/mol. The first-order valence-electron chi connectivity index (χ1n) is 9.29. The third kappa shape index (κ3) is 5.83. The van der Waals surface area contributed by atoms with Crippen LogP contribution in [0.25, 0.3) is 0 Å². The van der Waals surface area contributed by atoms with Crippen LogP contribution in [0.3, 0.4) is 0 Å². The van der Waals surface area contributed by atoms with Crippen molar-refractivity contribution < 1.29 is 9.53 Å². The number of amides is 1. The number of benzene rings is 2. The smallest absolute Gasteiger partial charge is 0.234 e. The molecule has 2 aromatic carbocycles. The van der Waals surface area contributed by atoms with Crippen molar-refractivity contribution in [3.8, 4) is 5.75 Å². The number of halogens is 1. The van der Waals surface area contributed by atoms with E-state index in [1.165, 1.54) is 17.3 Å². The molecule has 1 heterocycles. The molecule has 0 saturated carbocycles. The molecule has 0 aliphatic carbocycles. The van der Waals surface area contributed by atoms with Gasteiger partial charge < -0.3 is 14.6 Å². The highest BCUT2D eigenvalue weighted by molar-refractivity contribution is 9.10. The number of nitrogens with zero attached hydrogens (tertiary/aromatic N) is 3. The third-order valence-electron chi connectivity index (χ3n) is 4.34. The van der Waals surface area contributed by atoms with Gasteiger partial charge in [-0.05, 0) is 55.3 Å². The van der Waals surface area contributed by atoms with Crippen molar-refractivity contribution >= 4 is 39.3 Å². The van der Waals surface area contributed by atoms with Crippen molar-refractivity contribution in [2.24, 2.45) is 7.05 Å². The molecule has 8 heteroatoms. The lowest BCUT2D eigenvalue weighted by Crippen LogP contribution is -2.14. The van der Waals surface area contributed by atoms with Crippen LogP contribution in [0.4, 0.5) is 5.69 Å². The van der Waals surface area contributed by atoms with Gasteiger partial charge in [0, 0.05) is 17.2 Å². The first kappa shape index (κ1) is 21.4. The second kappa shape index (κ2) is 9.93.